The highest BCUT2D eigenvalue weighted by Gasteiger charge is 2.44. The van der Waals surface area contributed by atoms with Gasteiger partial charge < -0.3 is 22.1 Å². The van der Waals surface area contributed by atoms with Gasteiger partial charge in [0, 0.05) is 103 Å². The molecule has 7 aromatic heterocycles. The first-order chi connectivity index (χ1) is 61.4. The van der Waals surface area contributed by atoms with Crippen LogP contribution in [0, 0.1) is 10.8 Å². The third-order valence-electron chi connectivity index (χ3n) is 25.8. The van der Waals surface area contributed by atoms with Gasteiger partial charge in [0.2, 0.25) is 0 Å². The molecule has 0 radical (unpaired) electrons. The molecule has 8 heteroatoms. The highest BCUT2D eigenvalue weighted by molar-refractivity contribution is 7.16. The molecule has 0 atom stereocenters. The average Bonchev–Trinajstić information content (AvgIpc) is 1.56. The lowest BCUT2D eigenvalue weighted by Crippen LogP contribution is -2.35. The molecule has 0 N–H and O–H groups in total. The minimum absolute atomic E-state index is 0.0128. The van der Waals surface area contributed by atoms with Gasteiger partial charge in [-0.05, 0) is 178 Å². The van der Waals surface area contributed by atoms with Crippen molar-refractivity contribution < 1.29 is 22.1 Å². The first-order valence-corrected chi connectivity index (χ1v) is 50.9. The molecular weight excluding hydrogens is 1680 g/mol. The van der Waals surface area contributed by atoms with Crippen LogP contribution in [0.5, 0.6) is 0 Å². The minimum Gasteiger partial charge on any atom is -0.461 e. The van der Waals surface area contributed by atoms with Crippen LogP contribution in [0.4, 0.5) is 5.69 Å². The summed E-state index contributed by atoms with van der Waals surface area (Å²) in [5.74, 6) is 8.74. The van der Waals surface area contributed by atoms with Crippen LogP contribution in [0.2, 0.25) is 0 Å². The number of benzene rings is 6. The molecule has 0 amide bonds. The lowest BCUT2D eigenvalue weighted by atomic mass is 9.71. The molecule has 0 spiro atoms. The molecule has 13 aromatic rings. The zero-order valence-electron chi connectivity index (χ0n) is 94.2. The summed E-state index contributed by atoms with van der Waals surface area (Å²) in [6.07, 6.45) is 0. The topological polar surface area (TPSA) is 91.0 Å². The molecule has 3 aliphatic rings. The van der Waals surface area contributed by atoms with E-state index in [2.05, 4.69) is 485 Å². The Morgan fingerprint density at radius 2 is 0.647 bits per heavy atom. The summed E-state index contributed by atoms with van der Waals surface area (Å²) in [5.41, 5.74) is 25.9. The average molecular weight is 1860 g/mol. The summed E-state index contributed by atoms with van der Waals surface area (Å²) in [6, 6.07) is 67.5. The Hall–Kier alpha value is -9.24. The van der Waals surface area contributed by atoms with Gasteiger partial charge >= 0.3 is 0 Å². The van der Waals surface area contributed by atoms with Crippen LogP contribution in [0.25, 0.3) is 66.5 Å². The maximum Gasteiger partial charge on any atom is 0.169 e. The summed E-state index contributed by atoms with van der Waals surface area (Å²) in [7, 11) is 0. The number of aliphatic imine (C=N–C) groups is 1. The quantitative estimate of drug-likeness (QED) is 0.171. The van der Waals surface area contributed by atoms with Crippen molar-refractivity contribution in [3.05, 3.63) is 283 Å². The summed E-state index contributed by atoms with van der Waals surface area (Å²) >= 11 is 1.99. The normalized spacial score (nSPS) is 14.7. The fraction of sp³-hybridized carbons (Fsp3) is 0.516. The Kier molecular flexibility index (Phi) is 31.5. The van der Waals surface area contributed by atoms with Crippen molar-refractivity contribution in [1.29, 1.82) is 0 Å². The van der Waals surface area contributed by atoms with Crippen LogP contribution in [-0.2, 0) is 81.2 Å². The second-order valence-electron chi connectivity index (χ2n) is 55.4. The Morgan fingerprint density at radius 1 is 0.257 bits per heavy atom. The first kappa shape index (κ1) is 110. The van der Waals surface area contributed by atoms with Crippen LogP contribution in [0.15, 0.2) is 215 Å². The number of fused-ring (bicyclic) bond motifs is 9. The summed E-state index contributed by atoms with van der Waals surface area (Å²) in [6.45, 7) is 109. The number of aromatic nitrogens is 1. The molecule has 0 saturated carbocycles. The van der Waals surface area contributed by atoms with Crippen molar-refractivity contribution in [2.45, 2.75) is 420 Å². The second-order valence-corrected chi connectivity index (χ2v) is 56.4. The molecule has 7 nitrogen and oxygen atoms in total. The Bertz CT molecular complexity index is 6020. The second kappa shape index (κ2) is 38.7. The molecule has 8 heterocycles. The van der Waals surface area contributed by atoms with Crippen molar-refractivity contribution in [3.8, 4) is 44.6 Å². The van der Waals surface area contributed by atoms with E-state index in [1.54, 1.807) is 0 Å². The smallest absolute Gasteiger partial charge is 0.169 e. The zero-order chi connectivity index (χ0) is 103. The van der Waals surface area contributed by atoms with Crippen LogP contribution in [0.3, 0.4) is 0 Å². The van der Waals surface area contributed by atoms with Gasteiger partial charge in [-0.3, -0.25) is 9.98 Å². The number of thiophene rings is 1. The van der Waals surface area contributed by atoms with Crippen molar-refractivity contribution in [3.63, 3.8) is 0 Å². The number of nitrogens with zero attached hydrogens (tertiary/aromatic N) is 2. The molecular formula is C128H178N2O5S. The fourth-order valence-corrected chi connectivity index (χ4v) is 18.2. The van der Waals surface area contributed by atoms with Gasteiger partial charge in [0.1, 0.15) is 45.9 Å². The number of furan rings is 5. The van der Waals surface area contributed by atoms with Crippen molar-refractivity contribution in [2.75, 3.05) is 0 Å². The Labute approximate surface area is 830 Å². The molecule has 0 saturated heterocycles. The van der Waals surface area contributed by atoms with Crippen LogP contribution in [0.1, 0.15) is 434 Å². The van der Waals surface area contributed by atoms with Gasteiger partial charge in [0.25, 0.3) is 0 Å². The van der Waals surface area contributed by atoms with E-state index in [0.717, 1.165) is 79.9 Å². The van der Waals surface area contributed by atoms with Gasteiger partial charge in [-0.25, -0.2) is 0 Å². The lowest BCUT2D eigenvalue weighted by Gasteiger charge is -2.32. The third-order valence-corrected chi connectivity index (χ3v) is 27.4. The van der Waals surface area contributed by atoms with Gasteiger partial charge in [-0.15, -0.1) is 11.3 Å². The standard InChI is InChI=1S/C21H28O.C21H28S.C18H27N.C18H24O.C17H23N.C16H22O2.C12H14O.C5H12/c2*1-19(2,3)13-9-10-14-15(11-13)21(7,8)16-12-17(20(4,5)6)22-18(14)16;1-16(2,3)12-9-10-14-13(11-12)18(7,8)15(19-14)17(4,5)6;1-17(2,3)14-9-7-13(8-10-14)15-11-12-16(19-15)18(4,5)6;1-16(2,3)13-8-9-14-12(11-13)7-10-15(18-14)17(4,5)6;1-15(2,3)13-9-7-11(17-13)12-8-10-14(18-12)16(4,5)6;1-12(2,3)11-8-9-6-4-5-7-10(9)13-11;1-5(2,3)4/h2*9-12H,1-8H3;9-11H,1-8H3;7-12H,1-6H3;7-11H,1-6H3;7-10H,1-6H3;4-8H,1-3H3;1-4H3. The molecule has 0 bridgehead atoms. The lowest BCUT2D eigenvalue weighted by molar-refractivity contribution is 0.389. The Morgan fingerprint density at radius 3 is 1.07 bits per heavy atom. The van der Waals surface area contributed by atoms with Crippen LogP contribution >= 0.6 is 11.3 Å². The van der Waals surface area contributed by atoms with Crippen molar-refractivity contribution in [2.24, 2.45) is 15.8 Å². The van der Waals surface area contributed by atoms with Gasteiger partial charge in [0.15, 0.2) is 11.5 Å². The van der Waals surface area contributed by atoms with Crippen molar-refractivity contribution >= 4 is 44.6 Å². The SMILES string of the molecule is CC(C)(C)C.CC(C)(C)C1=Nc2ccc(C(C)(C)C)cc2C1(C)C.CC(C)(C)c1cc2ccccc2o1.CC(C)(C)c1ccc(-c2ccc(C(C)(C)C)o2)cc1.CC(C)(C)c1ccc(-c2ccc(C(C)(C)C)o2)o1.CC(C)(C)c1ccc2c(c1)C(C)(C)c1cc(C(C)(C)C)oc1-2.CC(C)(C)c1ccc2c(c1)C(C)(C)c1cc(C(C)(C)C)sc1-2.CC(C)(C)c1ccc2nc(C(C)(C)C)ccc2c1. The Balaban J connectivity index is 0.000000177. The molecule has 16 rings (SSSR count). The molecule has 0 fully saturated rings. The van der Waals surface area contributed by atoms with Gasteiger partial charge in [-0.1, -0.05) is 442 Å². The number of hydrogen-bond donors (Lipinski definition) is 0. The predicted molar refractivity (Wildman–Crippen MR) is 592 cm³/mol. The monoisotopic (exact) mass is 1860 g/mol. The highest BCUT2D eigenvalue weighted by atomic mass is 32.1. The largest absolute Gasteiger partial charge is 0.461 e. The summed E-state index contributed by atoms with van der Waals surface area (Å²) < 4.78 is 29.7. The van der Waals surface area contributed by atoms with Crippen LogP contribution < -0.4 is 0 Å². The number of pyridine rings is 1. The van der Waals surface area contributed by atoms with E-state index in [-0.39, 0.29) is 86.6 Å². The van der Waals surface area contributed by atoms with E-state index in [1.807, 2.05) is 53.8 Å². The summed E-state index contributed by atoms with van der Waals surface area (Å²) in [4.78, 5) is 12.7. The van der Waals surface area contributed by atoms with Crippen molar-refractivity contribution in [1.82, 2.24) is 4.98 Å². The number of rotatable bonds is 2. The molecule has 136 heavy (non-hydrogen) atoms. The zero-order valence-corrected chi connectivity index (χ0v) is 95.1. The van der Waals surface area contributed by atoms with E-state index in [9.17, 15) is 0 Å². The highest BCUT2D eigenvalue weighted by Crippen LogP contribution is 2.56. The van der Waals surface area contributed by atoms with Gasteiger partial charge in [-0.2, -0.15) is 0 Å². The van der Waals surface area contributed by atoms with Crippen LogP contribution in [-0.4, -0.2) is 10.7 Å². The van der Waals surface area contributed by atoms with E-state index in [1.165, 1.54) is 93.0 Å². The van der Waals surface area contributed by atoms with E-state index in [0.29, 0.717) is 5.41 Å². The number of para-hydroxylation sites is 1. The minimum atomic E-state index is 0.0128. The van der Waals surface area contributed by atoms with E-state index in [4.69, 9.17) is 32.1 Å². The van der Waals surface area contributed by atoms with E-state index < -0.39 is 0 Å². The molecule has 2 aliphatic carbocycles. The maximum absolute atomic E-state index is 6.28. The molecule has 0 unspecified atom stereocenters. The maximum atomic E-state index is 6.28. The first-order valence-electron chi connectivity index (χ1n) is 50.1. The van der Waals surface area contributed by atoms with Gasteiger partial charge in [0.05, 0.1) is 11.2 Å². The van der Waals surface area contributed by atoms with E-state index >= 15 is 0 Å². The summed E-state index contributed by atoms with van der Waals surface area (Å²) in [5, 5.41) is 2.42. The predicted octanol–water partition coefficient (Wildman–Crippen LogP) is 39.5. The molecule has 1 aliphatic heterocycles. The molecule has 736 valence electrons. The molecule has 6 aromatic carbocycles. The number of hydrogen-bond acceptors (Lipinski definition) is 8. The third kappa shape index (κ3) is 27.1. The fourth-order valence-electron chi connectivity index (χ4n) is 16.8.